The van der Waals surface area contributed by atoms with E-state index in [-0.39, 0.29) is 11.6 Å². The minimum Gasteiger partial charge on any atom is -0.351 e. The molecule has 0 unspecified atom stereocenters. The van der Waals surface area contributed by atoms with E-state index in [9.17, 15) is 9.59 Å². The Morgan fingerprint density at radius 3 is 1.72 bits per heavy atom. The SMILES string of the molecule is Cc1ccc2[nH]c(C(=O)c3ccc4c(c3)C(Cl)=CC4)c(Cl)c2c1.Cc1ccc2[nH]c(C(=O)c3ccc4c(c3)C(Cl)=CC4)c(Cl)c2c1Cl. The molecule has 0 spiro atoms. The Morgan fingerprint density at radius 1 is 0.596 bits per heavy atom. The maximum Gasteiger partial charge on any atom is 0.210 e. The van der Waals surface area contributed by atoms with Gasteiger partial charge in [0, 0.05) is 43.0 Å². The van der Waals surface area contributed by atoms with Gasteiger partial charge in [0.05, 0.1) is 15.1 Å². The number of fused-ring (bicyclic) bond motifs is 4. The van der Waals surface area contributed by atoms with Gasteiger partial charge in [-0.25, -0.2) is 0 Å². The maximum atomic E-state index is 12.9. The molecule has 2 aromatic heterocycles. The molecule has 0 saturated carbocycles. The molecule has 2 aliphatic rings. The third kappa shape index (κ3) is 5.62. The number of allylic oxidation sites excluding steroid dienone is 2. The zero-order chi connectivity index (χ0) is 33.1. The number of carbonyl (C=O) groups is 2. The second-order valence-corrected chi connectivity index (χ2v) is 13.7. The zero-order valence-corrected chi connectivity index (χ0v) is 28.9. The summed E-state index contributed by atoms with van der Waals surface area (Å²) in [6.45, 7) is 3.90. The number of carbonyl (C=O) groups excluding carboxylic acids is 2. The molecule has 0 saturated heterocycles. The fraction of sp³-hybridized carbons (Fsp3) is 0.105. The number of ketones is 2. The lowest BCUT2D eigenvalue weighted by Gasteiger charge is -2.05. The molecule has 9 heteroatoms. The van der Waals surface area contributed by atoms with Gasteiger partial charge in [-0.3, -0.25) is 9.59 Å². The molecule has 2 heterocycles. The Kier molecular flexibility index (Phi) is 8.36. The Morgan fingerprint density at radius 2 is 1.13 bits per heavy atom. The van der Waals surface area contributed by atoms with Crippen LogP contribution < -0.4 is 0 Å². The van der Waals surface area contributed by atoms with E-state index in [4.69, 9.17) is 58.0 Å². The van der Waals surface area contributed by atoms with Crippen LogP contribution in [0.25, 0.3) is 31.9 Å². The number of aryl methyl sites for hydroxylation is 2. The standard InChI is InChI=1S/C19H12Cl3NO.C19H13Cl2NO/c1-9-2-7-14-15(16(9)21)17(22)18(23-14)19(24)11-4-3-10-5-6-13(20)12(10)8-11;1-10-2-7-16-14(8-10)17(21)18(22-16)19(23)12-4-3-11-5-6-15(20)13(11)9-12/h2-4,6-8,23H,5H2,1H3;2-4,6-9,22H,5H2,1H3. The van der Waals surface area contributed by atoms with Crippen LogP contribution in [0.1, 0.15) is 65.5 Å². The first kappa shape index (κ1) is 31.8. The zero-order valence-electron chi connectivity index (χ0n) is 25.1. The maximum absolute atomic E-state index is 12.9. The first-order valence-corrected chi connectivity index (χ1v) is 16.7. The average Bonchev–Trinajstić information content (AvgIpc) is 3.82. The molecule has 234 valence electrons. The minimum atomic E-state index is -0.177. The summed E-state index contributed by atoms with van der Waals surface area (Å²) in [4.78, 5) is 32.0. The molecule has 0 aliphatic heterocycles. The van der Waals surface area contributed by atoms with E-state index in [0.717, 1.165) is 62.6 Å². The van der Waals surface area contributed by atoms with Gasteiger partial charge < -0.3 is 9.97 Å². The monoisotopic (exact) mass is 716 g/mol. The van der Waals surface area contributed by atoms with E-state index in [1.54, 1.807) is 6.07 Å². The van der Waals surface area contributed by atoms with Crippen molar-refractivity contribution in [3.05, 3.63) is 150 Å². The normalized spacial score (nSPS) is 13.3. The fourth-order valence-electron chi connectivity index (χ4n) is 6.04. The highest BCUT2D eigenvalue weighted by Gasteiger charge is 2.23. The van der Waals surface area contributed by atoms with Crippen LogP contribution in [-0.2, 0) is 12.8 Å². The molecular formula is C38H25Cl5N2O2. The van der Waals surface area contributed by atoms with Gasteiger partial charge in [0.25, 0.3) is 0 Å². The topological polar surface area (TPSA) is 65.7 Å². The van der Waals surface area contributed by atoms with Crippen LogP contribution in [0, 0.1) is 13.8 Å². The Bertz CT molecular complexity index is 2380. The number of nitrogens with one attached hydrogen (secondary N) is 2. The van der Waals surface area contributed by atoms with Crippen LogP contribution in [-0.4, -0.2) is 21.5 Å². The number of aromatic nitrogens is 2. The third-order valence-electron chi connectivity index (χ3n) is 8.64. The predicted molar refractivity (Wildman–Crippen MR) is 196 cm³/mol. The fourth-order valence-corrected chi connectivity index (χ4v) is 7.48. The second-order valence-electron chi connectivity index (χ2n) is 11.7. The van der Waals surface area contributed by atoms with Crippen LogP contribution in [0.5, 0.6) is 0 Å². The van der Waals surface area contributed by atoms with Gasteiger partial charge in [-0.2, -0.15) is 0 Å². The van der Waals surface area contributed by atoms with Crippen molar-refractivity contribution in [2.45, 2.75) is 26.7 Å². The number of rotatable bonds is 4. The quantitative estimate of drug-likeness (QED) is 0.178. The Balaban J connectivity index is 0.000000150. The molecule has 4 nitrogen and oxygen atoms in total. The molecule has 0 amide bonds. The van der Waals surface area contributed by atoms with Gasteiger partial charge in [0.2, 0.25) is 11.6 Å². The number of hydrogen-bond donors (Lipinski definition) is 2. The number of aromatic amines is 2. The summed E-state index contributed by atoms with van der Waals surface area (Å²) in [6, 6.07) is 20.9. The highest BCUT2D eigenvalue weighted by molar-refractivity contribution is 6.50. The van der Waals surface area contributed by atoms with Crippen molar-refractivity contribution in [2.75, 3.05) is 0 Å². The molecule has 8 rings (SSSR count). The van der Waals surface area contributed by atoms with Gasteiger partial charge >= 0.3 is 0 Å². The molecule has 2 N–H and O–H groups in total. The smallest absolute Gasteiger partial charge is 0.210 e. The number of benzene rings is 4. The van der Waals surface area contributed by atoms with Crippen molar-refractivity contribution in [3.63, 3.8) is 0 Å². The molecule has 0 radical (unpaired) electrons. The molecule has 0 bridgehead atoms. The van der Waals surface area contributed by atoms with Crippen LogP contribution in [0.3, 0.4) is 0 Å². The van der Waals surface area contributed by atoms with E-state index in [1.165, 1.54) is 0 Å². The second kappa shape index (κ2) is 12.4. The van der Waals surface area contributed by atoms with Crippen LogP contribution in [0.4, 0.5) is 0 Å². The van der Waals surface area contributed by atoms with Crippen molar-refractivity contribution >= 4 is 101 Å². The summed E-state index contributed by atoms with van der Waals surface area (Å²) >= 11 is 31.6. The van der Waals surface area contributed by atoms with Gasteiger partial charge in [-0.1, -0.05) is 112 Å². The summed E-state index contributed by atoms with van der Waals surface area (Å²) in [5.41, 5.74) is 9.63. The summed E-state index contributed by atoms with van der Waals surface area (Å²) in [7, 11) is 0. The van der Waals surface area contributed by atoms with Gasteiger partial charge in [0.1, 0.15) is 11.4 Å². The highest BCUT2D eigenvalue weighted by atomic mass is 35.5. The molecule has 6 aromatic rings. The average molecular weight is 719 g/mol. The lowest BCUT2D eigenvalue weighted by atomic mass is 10.0. The van der Waals surface area contributed by atoms with E-state index in [0.29, 0.717) is 53.0 Å². The summed E-state index contributed by atoms with van der Waals surface area (Å²) in [6.07, 6.45) is 5.51. The lowest BCUT2D eigenvalue weighted by Crippen LogP contribution is -2.03. The molecule has 0 fully saturated rings. The van der Waals surface area contributed by atoms with Gasteiger partial charge in [0.15, 0.2) is 0 Å². The number of hydrogen-bond acceptors (Lipinski definition) is 2. The Hall–Kier alpha value is -3.77. The first-order chi connectivity index (χ1) is 22.5. The predicted octanol–water partition coefficient (Wildman–Crippen LogP) is 11.6. The molecule has 2 aliphatic carbocycles. The van der Waals surface area contributed by atoms with Gasteiger partial charge in [-0.05, 0) is 84.8 Å². The van der Waals surface area contributed by atoms with E-state index < -0.39 is 0 Å². The molecule has 0 atom stereocenters. The minimum absolute atomic E-state index is 0.122. The lowest BCUT2D eigenvalue weighted by molar-refractivity contribution is 0.102. The largest absolute Gasteiger partial charge is 0.351 e. The molecular weight excluding hydrogens is 694 g/mol. The summed E-state index contributed by atoms with van der Waals surface area (Å²) in [5, 5.41) is 4.32. The number of H-pyrrole nitrogens is 2. The molecule has 47 heavy (non-hydrogen) atoms. The van der Waals surface area contributed by atoms with Crippen molar-refractivity contribution < 1.29 is 9.59 Å². The van der Waals surface area contributed by atoms with Crippen molar-refractivity contribution in [1.82, 2.24) is 9.97 Å². The van der Waals surface area contributed by atoms with Crippen LogP contribution in [0.2, 0.25) is 15.1 Å². The van der Waals surface area contributed by atoms with E-state index >= 15 is 0 Å². The van der Waals surface area contributed by atoms with Crippen LogP contribution >= 0.6 is 58.0 Å². The summed E-state index contributed by atoms with van der Waals surface area (Å²) in [5.74, 6) is -0.299. The Labute approximate surface area is 295 Å². The van der Waals surface area contributed by atoms with Crippen molar-refractivity contribution in [2.24, 2.45) is 0 Å². The van der Waals surface area contributed by atoms with E-state index in [1.807, 2.05) is 86.7 Å². The van der Waals surface area contributed by atoms with Gasteiger partial charge in [-0.15, -0.1) is 0 Å². The van der Waals surface area contributed by atoms with E-state index in [2.05, 4.69) is 9.97 Å². The third-order valence-corrected chi connectivity index (χ3v) is 10.6. The highest BCUT2D eigenvalue weighted by Crippen LogP contribution is 2.38. The van der Waals surface area contributed by atoms with Crippen molar-refractivity contribution in [3.8, 4) is 0 Å². The first-order valence-electron chi connectivity index (χ1n) is 14.8. The molecule has 4 aromatic carbocycles. The van der Waals surface area contributed by atoms with Crippen LogP contribution in [0.15, 0.2) is 78.9 Å². The summed E-state index contributed by atoms with van der Waals surface area (Å²) < 4.78 is 0. The van der Waals surface area contributed by atoms with Crippen molar-refractivity contribution in [1.29, 1.82) is 0 Å². The number of halogens is 5.